The third-order valence-electron chi connectivity index (χ3n) is 1.91. The van der Waals surface area contributed by atoms with Crippen molar-refractivity contribution in [1.82, 2.24) is 0 Å². The van der Waals surface area contributed by atoms with Gasteiger partial charge in [0.15, 0.2) is 6.16 Å². The zero-order chi connectivity index (χ0) is 9.52. The first-order valence-corrected chi connectivity index (χ1v) is 7.65. The van der Waals surface area contributed by atoms with Crippen LogP contribution in [0.1, 0.15) is 6.92 Å². The molecule has 0 saturated heterocycles. The third kappa shape index (κ3) is 4.50. The molecule has 0 aliphatic carbocycles. The average molecular weight is 214 g/mol. The van der Waals surface area contributed by atoms with Crippen LogP contribution in [0.3, 0.4) is 0 Å². The first-order chi connectivity index (χ1) is 6.33. The van der Waals surface area contributed by atoms with Crippen molar-refractivity contribution in [3.63, 3.8) is 0 Å². The lowest BCUT2D eigenvalue weighted by Gasteiger charge is -1.89. The molecule has 0 N–H and O–H groups in total. The Balaban J connectivity index is 2.24. The summed E-state index contributed by atoms with van der Waals surface area (Å²) in [6.45, 7) is 2.00. The minimum Gasteiger partial charge on any atom is -0.0747 e. The molecule has 0 aliphatic rings. The van der Waals surface area contributed by atoms with E-state index >= 15 is 0 Å². The molecule has 2 atom stereocenters. The topological polar surface area (TPSA) is 17.1 Å². The maximum absolute atomic E-state index is 11.2. The maximum atomic E-state index is 11.2. The Morgan fingerprint density at radius 2 is 2.00 bits per heavy atom. The Morgan fingerprint density at radius 3 is 2.62 bits per heavy atom. The molecule has 1 nitrogen and oxygen atoms in total. The van der Waals surface area contributed by atoms with Gasteiger partial charge in [0, 0.05) is 8.58 Å². The summed E-state index contributed by atoms with van der Waals surface area (Å²) in [5.41, 5.74) is 0. The zero-order valence-corrected chi connectivity index (χ0v) is 9.99. The van der Waals surface area contributed by atoms with Crippen LogP contribution in [0.2, 0.25) is 0 Å². The normalized spacial score (nSPS) is 12.2. The number of hydrogen-bond donors (Lipinski definition) is 0. The molecule has 3 heteroatoms. The highest BCUT2D eigenvalue weighted by Gasteiger charge is 2.12. The molecule has 1 aromatic carbocycles. The van der Waals surface area contributed by atoms with E-state index in [0.29, 0.717) is 8.58 Å². The Hall–Kier alpha value is -0.250. The van der Waals surface area contributed by atoms with Crippen molar-refractivity contribution >= 4 is 21.7 Å². The van der Waals surface area contributed by atoms with Gasteiger partial charge in [0.2, 0.25) is 0 Å². The minimum absolute atomic E-state index is 0.335. The Labute approximate surface area is 82.5 Å². The minimum atomic E-state index is -0.904. The summed E-state index contributed by atoms with van der Waals surface area (Å²) in [5.74, 6) is 0. The monoisotopic (exact) mass is 214 g/mol. The van der Waals surface area contributed by atoms with E-state index in [4.69, 9.17) is 0 Å². The maximum Gasteiger partial charge on any atom is 0.342 e. The first kappa shape index (κ1) is 10.8. The van der Waals surface area contributed by atoms with Crippen molar-refractivity contribution < 1.29 is 4.57 Å². The predicted octanol–water partition coefficient (Wildman–Crippen LogP) is 2.57. The van der Waals surface area contributed by atoms with Crippen molar-refractivity contribution in [2.75, 3.05) is 18.5 Å². The van der Waals surface area contributed by atoms with Crippen LogP contribution in [0.4, 0.5) is 0 Å². The van der Waals surface area contributed by atoms with Crippen LogP contribution >= 0.6 is 16.4 Å². The van der Waals surface area contributed by atoms with E-state index in [9.17, 15) is 4.57 Å². The van der Waals surface area contributed by atoms with Crippen molar-refractivity contribution in [3.8, 4) is 0 Å². The van der Waals surface area contributed by atoms with E-state index < -0.39 is 7.80 Å². The smallest absolute Gasteiger partial charge is 0.0747 e. The summed E-state index contributed by atoms with van der Waals surface area (Å²) < 4.78 is 11.2. The van der Waals surface area contributed by atoms with E-state index in [0.717, 1.165) is 18.5 Å². The molecule has 13 heavy (non-hydrogen) atoms. The van der Waals surface area contributed by atoms with Crippen LogP contribution in [0, 0.1) is 0 Å². The van der Waals surface area contributed by atoms with E-state index in [1.165, 1.54) is 5.30 Å². The van der Waals surface area contributed by atoms with Crippen LogP contribution < -0.4 is 5.30 Å². The average Bonchev–Trinajstić information content (AvgIpc) is 2.19. The van der Waals surface area contributed by atoms with Crippen LogP contribution in [0.5, 0.6) is 0 Å². The molecule has 0 aromatic heterocycles. The Morgan fingerprint density at radius 1 is 1.31 bits per heavy atom. The number of rotatable bonds is 5. The SMILES string of the molecule is CC[P+](=O)CC[PH2+]c1ccccc1. The summed E-state index contributed by atoms with van der Waals surface area (Å²) in [6, 6.07) is 10.5. The molecule has 0 aliphatic heterocycles. The fourth-order valence-corrected chi connectivity index (χ4v) is 3.93. The summed E-state index contributed by atoms with van der Waals surface area (Å²) in [5, 5.41) is 1.43. The highest BCUT2D eigenvalue weighted by atomic mass is 31.1. The second-order valence-corrected chi connectivity index (χ2v) is 6.62. The van der Waals surface area contributed by atoms with Gasteiger partial charge < -0.3 is 0 Å². The lowest BCUT2D eigenvalue weighted by molar-refractivity contribution is 0.589. The molecule has 0 radical (unpaired) electrons. The number of hydrogen-bond acceptors (Lipinski definition) is 1. The predicted molar refractivity (Wildman–Crippen MR) is 63.7 cm³/mol. The van der Waals surface area contributed by atoms with Crippen molar-refractivity contribution in [1.29, 1.82) is 0 Å². The third-order valence-corrected chi connectivity index (χ3v) is 5.29. The van der Waals surface area contributed by atoms with Gasteiger partial charge in [-0.2, -0.15) is 0 Å². The van der Waals surface area contributed by atoms with Gasteiger partial charge in [-0.3, -0.25) is 0 Å². The first-order valence-electron chi connectivity index (χ1n) is 4.63. The highest BCUT2D eigenvalue weighted by molar-refractivity contribution is 7.50. The van der Waals surface area contributed by atoms with E-state index in [-0.39, 0.29) is 0 Å². The van der Waals surface area contributed by atoms with Crippen LogP contribution in [-0.2, 0) is 4.57 Å². The lowest BCUT2D eigenvalue weighted by Crippen LogP contribution is -1.95. The van der Waals surface area contributed by atoms with E-state index in [1.54, 1.807) is 0 Å². The van der Waals surface area contributed by atoms with E-state index in [1.807, 2.05) is 13.0 Å². The second kappa shape index (κ2) is 6.24. The molecule has 0 saturated carbocycles. The van der Waals surface area contributed by atoms with Gasteiger partial charge in [0.1, 0.15) is 12.3 Å². The van der Waals surface area contributed by atoms with Gasteiger partial charge in [0.05, 0.1) is 5.30 Å². The molecule has 1 aromatic rings. The van der Waals surface area contributed by atoms with Crippen molar-refractivity contribution in [2.24, 2.45) is 0 Å². The molecule has 0 amide bonds. The van der Waals surface area contributed by atoms with Crippen LogP contribution in [0.15, 0.2) is 30.3 Å². The van der Waals surface area contributed by atoms with E-state index in [2.05, 4.69) is 24.3 Å². The van der Waals surface area contributed by atoms with Crippen LogP contribution in [-0.4, -0.2) is 18.5 Å². The highest BCUT2D eigenvalue weighted by Crippen LogP contribution is 2.22. The van der Waals surface area contributed by atoms with Gasteiger partial charge in [-0.15, -0.1) is 0 Å². The van der Waals surface area contributed by atoms with Gasteiger partial charge in [-0.05, 0) is 19.1 Å². The fraction of sp³-hybridized carbons (Fsp3) is 0.400. The molecule has 2 unspecified atom stereocenters. The molecule has 70 valence electrons. The zero-order valence-electron chi connectivity index (χ0n) is 7.94. The molecule has 0 spiro atoms. The van der Waals surface area contributed by atoms with Crippen molar-refractivity contribution in [2.45, 2.75) is 6.92 Å². The summed E-state index contributed by atoms with van der Waals surface area (Å²) in [7, 11) is -0.569. The lowest BCUT2D eigenvalue weighted by atomic mass is 10.4. The van der Waals surface area contributed by atoms with Gasteiger partial charge in [-0.1, -0.05) is 22.8 Å². The van der Waals surface area contributed by atoms with Gasteiger partial charge >= 0.3 is 7.80 Å². The second-order valence-electron chi connectivity index (χ2n) is 2.93. The largest absolute Gasteiger partial charge is 0.342 e. The quantitative estimate of drug-likeness (QED) is 0.688. The Kier molecular flexibility index (Phi) is 5.20. The molecule has 0 bridgehead atoms. The molecule has 0 heterocycles. The van der Waals surface area contributed by atoms with Crippen molar-refractivity contribution in [3.05, 3.63) is 30.3 Å². The van der Waals surface area contributed by atoms with Gasteiger partial charge in [-0.25, -0.2) is 0 Å². The Bertz CT molecular complexity index is 259. The summed E-state index contributed by atoms with van der Waals surface area (Å²) in [4.78, 5) is 0. The molecule has 0 fully saturated rings. The molecular formula is C10H16OP2+2. The summed E-state index contributed by atoms with van der Waals surface area (Å²) in [6.07, 6.45) is 2.88. The summed E-state index contributed by atoms with van der Waals surface area (Å²) >= 11 is 0. The van der Waals surface area contributed by atoms with Crippen LogP contribution in [0.25, 0.3) is 0 Å². The molecular weight excluding hydrogens is 198 g/mol. The number of benzene rings is 1. The van der Waals surface area contributed by atoms with Gasteiger partial charge in [0.25, 0.3) is 0 Å². The molecule has 1 rings (SSSR count). The fourth-order valence-electron chi connectivity index (χ4n) is 1.12. The standard InChI is InChI=1S/C10H15OP2/c1-2-13(11)9-8-12-10-6-4-3-5-7-10/h3-7,12H,2,8-9H2,1H3/q+1/p+1.